The predicted octanol–water partition coefficient (Wildman–Crippen LogP) is 5.93. The first kappa shape index (κ1) is 29.8. The number of hydrogen-bond acceptors (Lipinski definition) is 5. The van der Waals surface area contributed by atoms with Crippen LogP contribution in [0.15, 0.2) is 102 Å². The van der Waals surface area contributed by atoms with Crippen LogP contribution in [0.25, 0.3) is 17.4 Å². The smallest absolute Gasteiger partial charge is 0.247 e. The number of hydrogen-bond donors (Lipinski definition) is 0. The van der Waals surface area contributed by atoms with Gasteiger partial charge in [-0.1, -0.05) is 78.9 Å². The number of oxazole rings is 1. The van der Waals surface area contributed by atoms with Gasteiger partial charge in [-0.2, -0.15) is 5.10 Å². The van der Waals surface area contributed by atoms with E-state index in [9.17, 15) is 9.59 Å². The summed E-state index contributed by atoms with van der Waals surface area (Å²) in [7, 11) is 1.89. The Bertz CT molecular complexity index is 1810. The Morgan fingerprint density at radius 2 is 1.69 bits per heavy atom. The molecule has 1 aliphatic rings. The van der Waals surface area contributed by atoms with Gasteiger partial charge < -0.3 is 14.2 Å². The first-order valence-corrected chi connectivity index (χ1v) is 15.2. The molecule has 1 aliphatic heterocycles. The van der Waals surface area contributed by atoms with E-state index >= 15 is 0 Å². The molecule has 0 N–H and O–H groups in total. The second-order valence-corrected chi connectivity index (χ2v) is 11.6. The number of nitrogens with zero attached hydrogens (tertiary/aromatic N) is 5. The summed E-state index contributed by atoms with van der Waals surface area (Å²) < 4.78 is 7.27. The van der Waals surface area contributed by atoms with E-state index in [1.165, 1.54) is 12.0 Å². The zero-order valence-corrected chi connectivity index (χ0v) is 25.9. The molecule has 0 aliphatic carbocycles. The van der Waals surface area contributed by atoms with Crippen molar-refractivity contribution in [3.8, 4) is 11.3 Å². The zero-order valence-electron chi connectivity index (χ0n) is 25.9. The summed E-state index contributed by atoms with van der Waals surface area (Å²) in [6, 6.07) is 25.3. The number of amides is 2. The molecule has 45 heavy (non-hydrogen) atoms. The van der Waals surface area contributed by atoms with Crippen molar-refractivity contribution in [2.45, 2.75) is 45.8 Å². The van der Waals surface area contributed by atoms with Crippen molar-refractivity contribution in [3.05, 3.63) is 137 Å². The van der Waals surface area contributed by atoms with E-state index in [4.69, 9.17) is 4.42 Å². The number of carbonyl (C=O) groups excluding carboxylic acids is 2. The van der Waals surface area contributed by atoms with Crippen LogP contribution in [0.3, 0.4) is 0 Å². The highest BCUT2D eigenvalue weighted by molar-refractivity contribution is 5.96. The van der Waals surface area contributed by atoms with Crippen LogP contribution >= 0.6 is 0 Å². The minimum atomic E-state index is -0.708. The van der Waals surface area contributed by atoms with Crippen molar-refractivity contribution in [3.63, 3.8) is 0 Å². The molecule has 0 spiro atoms. The first-order chi connectivity index (χ1) is 21.9. The second-order valence-electron chi connectivity index (χ2n) is 11.6. The molecule has 0 bridgehead atoms. The standard InChI is InChI=1S/C37H37N5O3/c1-26-33(27(2)40(3)39-26)17-18-36(43)42(23-29-13-15-31(16-14-29)35-22-38-25-45-35)34(21-28-9-5-4-6-10-28)37(44)41-20-19-30-11-7-8-12-32(30)24-41/h4-18,22,25,34H,19-21,23-24H2,1-3H3/t34-/m0/s1. The topological polar surface area (TPSA) is 84.5 Å². The molecule has 0 saturated carbocycles. The fourth-order valence-corrected chi connectivity index (χ4v) is 6.02. The van der Waals surface area contributed by atoms with Crippen molar-refractivity contribution in [1.82, 2.24) is 24.6 Å². The maximum absolute atomic E-state index is 14.5. The molecule has 6 rings (SSSR count). The molecule has 0 radical (unpaired) electrons. The molecule has 3 heterocycles. The molecule has 3 aromatic carbocycles. The zero-order chi connectivity index (χ0) is 31.3. The van der Waals surface area contributed by atoms with E-state index in [1.54, 1.807) is 17.2 Å². The second kappa shape index (κ2) is 13.2. The molecule has 5 aromatic rings. The lowest BCUT2D eigenvalue weighted by Crippen LogP contribution is -2.52. The molecule has 8 heteroatoms. The molecule has 228 valence electrons. The molecular weight excluding hydrogens is 562 g/mol. The third kappa shape index (κ3) is 6.65. The molecule has 2 aromatic heterocycles. The van der Waals surface area contributed by atoms with Crippen LogP contribution in [0.1, 0.15) is 39.2 Å². The Kier molecular flexibility index (Phi) is 8.73. The van der Waals surface area contributed by atoms with Gasteiger partial charge in [-0.15, -0.1) is 0 Å². The summed E-state index contributed by atoms with van der Waals surface area (Å²) in [6.07, 6.45) is 7.66. The van der Waals surface area contributed by atoms with Gasteiger partial charge in [0.25, 0.3) is 0 Å². The van der Waals surface area contributed by atoms with Gasteiger partial charge in [-0.3, -0.25) is 14.3 Å². The fraction of sp³-hybridized carbons (Fsp3) is 0.243. The summed E-state index contributed by atoms with van der Waals surface area (Å²) in [5.74, 6) is 0.382. The molecular formula is C37H37N5O3. The van der Waals surface area contributed by atoms with E-state index in [1.807, 2.05) is 103 Å². The Hall–Kier alpha value is -5.24. The summed E-state index contributed by atoms with van der Waals surface area (Å²) in [6.45, 7) is 5.31. The van der Waals surface area contributed by atoms with Gasteiger partial charge in [0.2, 0.25) is 11.8 Å². The SMILES string of the molecule is Cc1nn(C)c(C)c1C=CC(=O)N(Cc1ccc(-c2cnco2)cc1)[C@@H](Cc1ccccc1)C(=O)N1CCc2ccccc2C1. The lowest BCUT2D eigenvalue weighted by atomic mass is 9.97. The van der Waals surface area contributed by atoms with Crippen molar-refractivity contribution < 1.29 is 14.0 Å². The summed E-state index contributed by atoms with van der Waals surface area (Å²) >= 11 is 0. The van der Waals surface area contributed by atoms with E-state index in [-0.39, 0.29) is 18.4 Å². The molecule has 1 atom stereocenters. The van der Waals surface area contributed by atoms with Crippen molar-refractivity contribution in [1.29, 1.82) is 0 Å². The number of rotatable bonds is 9. The van der Waals surface area contributed by atoms with E-state index in [0.29, 0.717) is 25.3 Å². The lowest BCUT2D eigenvalue weighted by Gasteiger charge is -2.37. The van der Waals surface area contributed by atoms with Crippen molar-refractivity contribution in [2.24, 2.45) is 7.05 Å². The monoisotopic (exact) mass is 599 g/mol. The maximum atomic E-state index is 14.5. The highest BCUT2D eigenvalue weighted by Gasteiger charge is 2.34. The highest BCUT2D eigenvalue weighted by atomic mass is 16.3. The largest absolute Gasteiger partial charge is 0.444 e. The predicted molar refractivity (Wildman–Crippen MR) is 174 cm³/mol. The summed E-state index contributed by atoms with van der Waals surface area (Å²) in [5.41, 5.74) is 7.93. The van der Waals surface area contributed by atoms with Crippen molar-refractivity contribution in [2.75, 3.05) is 6.54 Å². The van der Waals surface area contributed by atoms with Crippen LogP contribution in [0, 0.1) is 13.8 Å². The van der Waals surface area contributed by atoms with Gasteiger partial charge in [-0.05, 0) is 48.6 Å². The van der Waals surface area contributed by atoms with Gasteiger partial charge in [0.15, 0.2) is 12.2 Å². The van der Waals surface area contributed by atoms with Crippen molar-refractivity contribution >= 4 is 17.9 Å². The van der Waals surface area contributed by atoms with E-state index < -0.39 is 6.04 Å². The number of aromatic nitrogens is 3. The Labute approximate surface area is 263 Å². The number of carbonyl (C=O) groups is 2. The minimum Gasteiger partial charge on any atom is -0.444 e. The lowest BCUT2D eigenvalue weighted by molar-refractivity contribution is -0.144. The van der Waals surface area contributed by atoms with Crippen LogP contribution in [-0.2, 0) is 42.6 Å². The van der Waals surface area contributed by atoms with Crippen LogP contribution in [0.2, 0.25) is 0 Å². The van der Waals surface area contributed by atoms with Gasteiger partial charge in [0.05, 0.1) is 11.9 Å². The van der Waals surface area contributed by atoms with E-state index in [0.717, 1.165) is 45.6 Å². The number of benzene rings is 3. The third-order valence-corrected chi connectivity index (χ3v) is 8.64. The van der Waals surface area contributed by atoms with E-state index in [2.05, 4.69) is 22.2 Å². The van der Waals surface area contributed by atoms with Crippen LogP contribution in [0.4, 0.5) is 0 Å². The first-order valence-electron chi connectivity index (χ1n) is 15.2. The fourth-order valence-electron chi connectivity index (χ4n) is 6.02. The number of fused-ring (bicyclic) bond motifs is 1. The molecule has 0 fully saturated rings. The molecule has 2 amide bonds. The summed E-state index contributed by atoms with van der Waals surface area (Å²) in [5, 5.41) is 4.50. The average molecular weight is 600 g/mol. The third-order valence-electron chi connectivity index (χ3n) is 8.64. The number of aryl methyl sites for hydroxylation is 2. The van der Waals surface area contributed by atoms with Crippen LogP contribution in [0.5, 0.6) is 0 Å². The highest BCUT2D eigenvalue weighted by Crippen LogP contribution is 2.25. The summed E-state index contributed by atoms with van der Waals surface area (Å²) in [4.78, 5) is 36.4. The Balaban J connectivity index is 1.36. The molecule has 0 unspecified atom stereocenters. The van der Waals surface area contributed by atoms with Gasteiger partial charge in [0, 0.05) is 56.0 Å². The van der Waals surface area contributed by atoms with Gasteiger partial charge in [0.1, 0.15) is 6.04 Å². The van der Waals surface area contributed by atoms with Crippen LogP contribution < -0.4 is 0 Å². The normalized spacial score (nSPS) is 13.5. The molecule has 0 saturated heterocycles. The van der Waals surface area contributed by atoms with Gasteiger partial charge in [-0.25, -0.2) is 4.98 Å². The minimum absolute atomic E-state index is 0.0536. The Morgan fingerprint density at radius 1 is 0.956 bits per heavy atom. The van der Waals surface area contributed by atoms with Gasteiger partial charge >= 0.3 is 0 Å². The maximum Gasteiger partial charge on any atom is 0.247 e. The quantitative estimate of drug-likeness (QED) is 0.196. The Morgan fingerprint density at radius 3 is 2.38 bits per heavy atom. The van der Waals surface area contributed by atoms with Crippen LogP contribution in [-0.4, -0.2) is 49.0 Å². The molecule has 8 nitrogen and oxygen atoms in total. The average Bonchev–Trinajstić information content (AvgIpc) is 3.69.